The van der Waals surface area contributed by atoms with Gasteiger partial charge in [-0.2, -0.15) is 0 Å². The van der Waals surface area contributed by atoms with Crippen LogP contribution in [0.25, 0.3) is 0 Å². The molecule has 0 heterocycles. The molecule has 2 rings (SSSR count). The lowest BCUT2D eigenvalue weighted by Gasteiger charge is -2.18. The van der Waals surface area contributed by atoms with Crippen LogP contribution in [0.3, 0.4) is 0 Å². The average molecular weight is 257 g/mol. The van der Waals surface area contributed by atoms with Crippen LogP contribution in [0.2, 0.25) is 0 Å². The molecule has 0 amide bonds. The zero-order valence-electron chi connectivity index (χ0n) is 11.3. The monoisotopic (exact) mass is 257 g/mol. The van der Waals surface area contributed by atoms with Crippen LogP contribution in [-0.2, 0) is 0 Å². The topological polar surface area (TPSA) is 26.0 Å². The van der Waals surface area contributed by atoms with Crippen molar-refractivity contribution in [3.63, 3.8) is 0 Å². The highest BCUT2D eigenvalue weighted by Gasteiger charge is 2.14. The van der Waals surface area contributed by atoms with E-state index >= 15 is 0 Å². The first-order chi connectivity index (χ1) is 9.20. The molecular weight excluding hydrogens is 237 g/mol. The third kappa shape index (κ3) is 3.65. The Balaban J connectivity index is 2.35. The second kappa shape index (κ2) is 6.48. The molecule has 19 heavy (non-hydrogen) atoms. The predicted molar refractivity (Wildman–Crippen MR) is 77.7 cm³/mol. The van der Waals surface area contributed by atoms with Gasteiger partial charge in [-0.25, -0.2) is 4.39 Å². The lowest BCUT2D eigenvalue weighted by molar-refractivity contribution is 0.616. The SMILES string of the molecule is Cc1cccc(C(CCCN)c2cccc(F)c2)c1. The maximum absolute atomic E-state index is 13.4. The Morgan fingerprint density at radius 1 is 1.05 bits per heavy atom. The summed E-state index contributed by atoms with van der Waals surface area (Å²) in [6.45, 7) is 2.74. The van der Waals surface area contributed by atoms with Crippen LogP contribution in [0.4, 0.5) is 4.39 Å². The van der Waals surface area contributed by atoms with E-state index in [1.165, 1.54) is 17.2 Å². The van der Waals surface area contributed by atoms with E-state index < -0.39 is 0 Å². The van der Waals surface area contributed by atoms with E-state index in [1.54, 1.807) is 12.1 Å². The third-order valence-corrected chi connectivity index (χ3v) is 3.39. The normalized spacial score (nSPS) is 12.4. The molecule has 0 saturated heterocycles. The van der Waals surface area contributed by atoms with E-state index in [1.807, 2.05) is 6.07 Å². The summed E-state index contributed by atoms with van der Waals surface area (Å²) in [5, 5.41) is 0. The van der Waals surface area contributed by atoms with Crippen LogP contribution < -0.4 is 5.73 Å². The summed E-state index contributed by atoms with van der Waals surface area (Å²) in [5.74, 6) is 0.0436. The van der Waals surface area contributed by atoms with Crippen LogP contribution in [-0.4, -0.2) is 6.54 Å². The van der Waals surface area contributed by atoms with Crippen molar-refractivity contribution in [2.24, 2.45) is 5.73 Å². The number of nitrogens with two attached hydrogens (primary N) is 1. The fourth-order valence-electron chi connectivity index (χ4n) is 2.46. The van der Waals surface area contributed by atoms with Crippen molar-refractivity contribution in [3.8, 4) is 0 Å². The van der Waals surface area contributed by atoms with E-state index in [-0.39, 0.29) is 11.7 Å². The van der Waals surface area contributed by atoms with Gasteiger partial charge >= 0.3 is 0 Å². The number of hydrogen-bond acceptors (Lipinski definition) is 1. The van der Waals surface area contributed by atoms with E-state index in [9.17, 15) is 4.39 Å². The van der Waals surface area contributed by atoms with E-state index in [0.29, 0.717) is 6.54 Å². The Kier molecular flexibility index (Phi) is 4.69. The highest BCUT2D eigenvalue weighted by atomic mass is 19.1. The molecule has 2 aromatic rings. The summed E-state index contributed by atoms with van der Waals surface area (Å²) < 4.78 is 13.4. The van der Waals surface area contributed by atoms with Crippen LogP contribution in [0.15, 0.2) is 48.5 Å². The Labute approximate surface area is 114 Å². The first-order valence-corrected chi connectivity index (χ1v) is 6.73. The molecule has 0 aromatic heterocycles. The van der Waals surface area contributed by atoms with Gasteiger partial charge in [-0.05, 0) is 49.6 Å². The Hall–Kier alpha value is -1.67. The second-order valence-corrected chi connectivity index (χ2v) is 4.95. The lowest BCUT2D eigenvalue weighted by atomic mass is 9.87. The molecule has 0 fully saturated rings. The van der Waals surface area contributed by atoms with Gasteiger partial charge in [0.25, 0.3) is 0 Å². The third-order valence-electron chi connectivity index (χ3n) is 3.39. The minimum absolute atomic E-state index is 0.178. The molecule has 2 N–H and O–H groups in total. The summed E-state index contributed by atoms with van der Waals surface area (Å²) in [4.78, 5) is 0. The lowest BCUT2D eigenvalue weighted by Crippen LogP contribution is -2.06. The fourth-order valence-corrected chi connectivity index (χ4v) is 2.46. The van der Waals surface area contributed by atoms with Gasteiger partial charge in [0.15, 0.2) is 0 Å². The summed E-state index contributed by atoms with van der Waals surface area (Å²) >= 11 is 0. The first kappa shape index (κ1) is 13.8. The summed E-state index contributed by atoms with van der Waals surface area (Å²) in [6.07, 6.45) is 1.89. The predicted octanol–water partition coefficient (Wildman–Crippen LogP) is 4.00. The van der Waals surface area contributed by atoms with Crippen LogP contribution in [0, 0.1) is 12.7 Å². The summed E-state index contributed by atoms with van der Waals surface area (Å²) in [7, 11) is 0. The molecule has 100 valence electrons. The smallest absolute Gasteiger partial charge is 0.123 e. The van der Waals surface area contributed by atoms with Gasteiger partial charge in [0.05, 0.1) is 0 Å². The summed E-state index contributed by atoms with van der Waals surface area (Å²) in [6, 6.07) is 15.3. The van der Waals surface area contributed by atoms with Gasteiger partial charge in [0.2, 0.25) is 0 Å². The Morgan fingerprint density at radius 3 is 2.37 bits per heavy atom. The van der Waals surface area contributed by atoms with E-state index in [0.717, 1.165) is 18.4 Å². The Bertz CT molecular complexity index is 491. The number of aryl methyl sites for hydroxylation is 1. The molecular formula is C17H20FN. The molecule has 2 heteroatoms. The number of hydrogen-bond donors (Lipinski definition) is 1. The molecule has 1 atom stereocenters. The van der Waals surface area contributed by atoms with Gasteiger partial charge in [-0.15, -0.1) is 0 Å². The van der Waals surface area contributed by atoms with Gasteiger partial charge < -0.3 is 5.73 Å². The van der Waals surface area contributed by atoms with Gasteiger partial charge in [-0.3, -0.25) is 0 Å². The van der Waals surface area contributed by atoms with Crippen molar-refractivity contribution in [2.45, 2.75) is 25.7 Å². The number of halogens is 1. The maximum atomic E-state index is 13.4. The minimum Gasteiger partial charge on any atom is -0.330 e. The van der Waals surface area contributed by atoms with Crippen LogP contribution >= 0.6 is 0 Å². The van der Waals surface area contributed by atoms with Crippen molar-refractivity contribution in [3.05, 3.63) is 71.0 Å². The molecule has 0 radical (unpaired) electrons. The van der Waals surface area contributed by atoms with Gasteiger partial charge in [0.1, 0.15) is 5.82 Å². The molecule has 0 aliphatic carbocycles. The zero-order chi connectivity index (χ0) is 13.7. The fraction of sp³-hybridized carbons (Fsp3) is 0.294. The maximum Gasteiger partial charge on any atom is 0.123 e. The van der Waals surface area contributed by atoms with Gasteiger partial charge in [-0.1, -0.05) is 42.0 Å². The number of benzene rings is 2. The second-order valence-electron chi connectivity index (χ2n) is 4.95. The van der Waals surface area contributed by atoms with E-state index in [2.05, 4.69) is 31.2 Å². The highest BCUT2D eigenvalue weighted by molar-refractivity contribution is 5.34. The standard InChI is InChI=1S/C17H20FN/c1-13-5-2-6-14(11-13)17(9-4-10-19)15-7-3-8-16(18)12-15/h2-3,5-8,11-12,17H,4,9-10,19H2,1H3. The van der Waals surface area contributed by atoms with Crippen LogP contribution in [0.5, 0.6) is 0 Å². The van der Waals surface area contributed by atoms with Crippen molar-refractivity contribution in [1.29, 1.82) is 0 Å². The molecule has 1 nitrogen and oxygen atoms in total. The molecule has 2 aromatic carbocycles. The van der Waals surface area contributed by atoms with Crippen molar-refractivity contribution in [1.82, 2.24) is 0 Å². The van der Waals surface area contributed by atoms with Crippen LogP contribution in [0.1, 0.15) is 35.4 Å². The number of rotatable bonds is 5. The molecule has 0 bridgehead atoms. The largest absolute Gasteiger partial charge is 0.330 e. The Morgan fingerprint density at radius 2 is 1.74 bits per heavy atom. The highest BCUT2D eigenvalue weighted by Crippen LogP contribution is 2.29. The molecule has 0 spiro atoms. The van der Waals surface area contributed by atoms with Gasteiger partial charge in [0, 0.05) is 5.92 Å². The zero-order valence-corrected chi connectivity index (χ0v) is 11.3. The van der Waals surface area contributed by atoms with Crippen molar-refractivity contribution < 1.29 is 4.39 Å². The molecule has 0 aliphatic heterocycles. The van der Waals surface area contributed by atoms with Crippen molar-refractivity contribution in [2.75, 3.05) is 6.54 Å². The first-order valence-electron chi connectivity index (χ1n) is 6.73. The molecule has 0 saturated carbocycles. The summed E-state index contributed by atoms with van der Waals surface area (Å²) in [5.41, 5.74) is 9.11. The molecule has 1 unspecified atom stereocenters. The van der Waals surface area contributed by atoms with E-state index in [4.69, 9.17) is 5.73 Å². The minimum atomic E-state index is -0.178. The average Bonchev–Trinajstić information content (AvgIpc) is 2.39. The van der Waals surface area contributed by atoms with Crippen molar-refractivity contribution >= 4 is 0 Å². The quantitative estimate of drug-likeness (QED) is 0.860. The molecule has 0 aliphatic rings.